The Morgan fingerprint density at radius 3 is 2.83 bits per heavy atom. The fourth-order valence-corrected chi connectivity index (χ4v) is 2.75. The second-order valence-electron chi connectivity index (χ2n) is 5.96. The van der Waals surface area contributed by atoms with Crippen molar-refractivity contribution in [2.24, 2.45) is 0 Å². The number of nitrogens with zero attached hydrogens (tertiary/aromatic N) is 3. The maximum Gasteiger partial charge on any atom is 0.277 e. The van der Waals surface area contributed by atoms with Gasteiger partial charge in [-0.3, -0.25) is 4.79 Å². The summed E-state index contributed by atoms with van der Waals surface area (Å²) in [7, 11) is 0. The fraction of sp³-hybridized carbons (Fsp3) is 0.438. The Morgan fingerprint density at radius 1 is 1.25 bits per heavy atom. The van der Waals surface area contributed by atoms with E-state index in [-0.39, 0.29) is 17.6 Å². The highest BCUT2D eigenvalue weighted by Gasteiger charge is 2.31. The zero-order chi connectivity index (χ0) is 16.5. The van der Waals surface area contributed by atoms with E-state index < -0.39 is 6.10 Å². The molecule has 8 nitrogen and oxygen atoms in total. The highest BCUT2D eigenvalue weighted by Crippen LogP contribution is 2.33. The standard InChI is InChI=1S/C16H18N4O4/c21-13-4-3-12(13)20-9-11(18-19-20)16(22)17-10-2-5-14-15(8-10)24-7-1-6-23-14/h2,5,8-9,12-13,21H,1,3-4,6-7H2,(H,17,22)/t12-,13-/m1/s1. The second kappa shape index (κ2) is 6.12. The summed E-state index contributed by atoms with van der Waals surface area (Å²) in [4.78, 5) is 12.3. The van der Waals surface area contributed by atoms with E-state index in [9.17, 15) is 9.90 Å². The number of rotatable bonds is 3. The Balaban J connectivity index is 1.47. The third-order valence-electron chi connectivity index (χ3n) is 4.29. The summed E-state index contributed by atoms with van der Waals surface area (Å²) in [6.07, 6.45) is 3.57. The Bertz CT molecular complexity index is 760. The molecule has 1 aliphatic heterocycles. The molecule has 1 aromatic carbocycles. The van der Waals surface area contributed by atoms with E-state index in [0.29, 0.717) is 30.4 Å². The number of amides is 1. The van der Waals surface area contributed by atoms with Gasteiger partial charge in [0, 0.05) is 18.2 Å². The average molecular weight is 330 g/mol. The van der Waals surface area contributed by atoms with Crippen molar-refractivity contribution >= 4 is 11.6 Å². The minimum absolute atomic E-state index is 0.0860. The second-order valence-corrected chi connectivity index (χ2v) is 5.96. The summed E-state index contributed by atoms with van der Waals surface area (Å²) in [5.74, 6) is 0.937. The first-order chi connectivity index (χ1) is 11.7. The SMILES string of the molecule is O=C(Nc1ccc2c(c1)OCCCO2)c1cn([C@@H]2CC[C@H]2O)nn1. The van der Waals surface area contributed by atoms with Gasteiger partial charge in [0.2, 0.25) is 0 Å². The molecule has 1 saturated carbocycles. The molecule has 0 spiro atoms. The van der Waals surface area contributed by atoms with Crippen LogP contribution in [0.1, 0.15) is 35.8 Å². The van der Waals surface area contributed by atoms with Gasteiger partial charge >= 0.3 is 0 Å². The number of hydrogen-bond acceptors (Lipinski definition) is 6. The number of nitrogens with one attached hydrogen (secondary N) is 1. The predicted octanol–water partition coefficient (Wildman–Crippen LogP) is 1.39. The topological polar surface area (TPSA) is 98.5 Å². The first-order valence-electron chi connectivity index (χ1n) is 8.01. The van der Waals surface area contributed by atoms with E-state index in [1.54, 1.807) is 29.1 Å². The number of fused-ring (bicyclic) bond motifs is 1. The van der Waals surface area contributed by atoms with Gasteiger partial charge in [0.05, 0.1) is 31.6 Å². The molecule has 2 N–H and O–H groups in total. The smallest absolute Gasteiger partial charge is 0.277 e. The number of carbonyl (C=O) groups excluding carboxylic acids is 1. The summed E-state index contributed by atoms with van der Waals surface area (Å²) < 4.78 is 12.7. The van der Waals surface area contributed by atoms with E-state index in [1.807, 2.05) is 0 Å². The van der Waals surface area contributed by atoms with Gasteiger partial charge < -0.3 is 19.9 Å². The molecule has 4 rings (SSSR count). The zero-order valence-corrected chi connectivity index (χ0v) is 13.0. The van der Waals surface area contributed by atoms with Crippen LogP contribution in [-0.4, -0.2) is 45.3 Å². The van der Waals surface area contributed by atoms with Crippen LogP contribution in [-0.2, 0) is 0 Å². The molecular weight excluding hydrogens is 312 g/mol. The highest BCUT2D eigenvalue weighted by atomic mass is 16.5. The molecule has 2 aliphatic rings. The van der Waals surface area contributed by atoms with Gasteiger partial charge in [0.15, 0.2) is 17.2 Å². The quantitative estimate of drug-likeness (QED) is 0.882. The Morgan fingerprint density at radius 2 is 2.08 bits per heavy atom. The van der Waals surface area contributed by atoms with E-state index in [4.69, 9.17) is 9.47 Å². The van der Waals surface area contributed by atoms with Gasteiger partial charge in [-0.05, 0) is 25.0 Å². The molecule has 1 aromatic heterocycles. The Kier molecular flexibility index (Phi) is 3.81. The number of benzene rings is 1. The van der Waals surface area contributed by atoms with Crippen molar-refractivity contribution in [1.29, 1.82) is 0 Å². The van der Waals surface area contributed by atoms with Gasteiger partial charge in [-0.2, -0.15) is 0 Å². The molecule has 0 bridgehead atoms. The molecule has 1 fully saturated rings. The molecule has 1 amide bonds. The zero-order valence-electron chi connectivity index (χ0n) is 13.0. The fourth-order valence-electron chi connectivity index (χ4n) is 2.75. The molecule has 126 valence electrons. The molecule has 2 aromatic rings. The summed E-state index contributed by atoms with van der Waals surface area (Å²) in [5, 5.41) is 20.3. The van der Waals surface area contributed by atoms with Crippen LogP contribution in [0.5, 0.6) is 11.5 Å². The molecule has 0 saturated heterocycles. The predicted molar refractivity (Wildman–Crippen MR) is 84.3 cm³/mol. The molecule has 24 heavy (non-hydrogen) atoms. The molecule has 0 radical (unpaired) electrons. The number of anilines is 1. The van der Waals surface area contributed by atoms with Crippen LogP contribution in [0.15, 0.2) is 24.4 Å². The normalized spacial score (nSPS) is 22.4. The van der Waals surface area contributed by atoms with E-state index in [1.165, 1.54) is 0 Å². The minimum Gasteiger partial charge on any atom is -0.490 e. The average Bonchev–Trinajstić information content (AvgIpc) is 2.92. The molecule has 8 heteroatoms. The summed E-state index contributed by atoms with van der Waals surface area (Å²) in [5.41, 5.74) is 0.809. The number of hydrogen-bond donors (Lipinski definition) is 2. The largest absolute Gasteiger partial charge is 0.490 e. The van der Waals surface area contributed by atoms with Crippen LogP contribution in [0.25, 0.3) is 0 Å². The molecular formula is C16H18N4O4. The maximum absolute atomic E-state index is 12.3. The number of aromatic nitrogens is 3. The summed E-state index contributed by atoms with van der Waals surface area (Å²) in [6.45, 7) is 1.21. The van der Waals surface area contributed by atoms with Crippen LogP contribution in [0, 0.1) is 0 Å². The van der Waals surface area contributed by atoms with Crippen LogP contribution in [0.4, 0.5) is 5.69 Å². The number of aliphatic hydroxyl groups is 1. The lowest BCUT2D eigenvalue weighted by Crippen LogP contribution is -2.34. The van der Waals surface area contributed by atoms with Gasteiger partial charge in [0.1, 0.15) is 0 Å². The molecule has 0 unspecified atom stereocenters. The van der Waals surface area contributed by atoms with Gasteiger partial charge in [0.25, 0.3) is 5.91 Å². The maximum atomic E-state index is 12.3. The minimum atomic E-state index is -0.413. The number of aliphatic hydroxyl groups excluding tert-OH is 1. The van der Waals surface area contributed by atoms with Gasteiger partial charge in [-0.15, -0.1) is 5.10 Å². The van der Waals surface area contributed by atoms with Crippen molar-refractivity contribution in [3.05, 3.63) is 30.1 Å². The monoisotopic (exact) mass is 330 g/mol. The summed E-state index contributed by atoms with van der Waals surface area (Å²) in [6, 6.07) is 5.18. The lowest BCUT2D eigenvalue weighted by molar-refractivity contribution is 0.0244. The first-order valence-corrected chi connectivity index (χ1v) is 8.01. The van der Waals surface area contributed by atoms with Crippen molar-refractivity contribution in [2.45, 2.75) is 31.4 Å². The molecule has 2 atom stereocenters. The van der Waals surface area contributed by atoms with Crippen LogP contribution >= 0.6 is 0 Å². The first kappa shape index (κ1) is 14.9. The lowest BCUT2D eigenvalue weighted by Gasteiger charge is -2.31. The molecule has 1 aliphatic carbocycles. The van der Waals surface area contributed by atoms with Crippen molar-refractivity contribution in [1.82, 2.24) is 15.0 Å². The van der Waals surface area contributed by atoms with Gasteiger partial charge in [-0.1, -0.05) is 5.21 Å². The Hall–Kier alpha value is -2.61. The highest BCUT2D eigenvalue weighted by molar-refractivity contribution is 6.02. The third-order valence-corrected chi connectivity index (χ3v) is 4.29. The Labute approximate surface area is 138 Å². The summed E-state index contributed by atoms with van der Waals surface area (Å²) >= 11 is 0. The lowest BCUT2D eigenvalue weighted by atomic mass is 9.89. The van der Waals surface area contributed by atoms with Crippen LogP contribution < -0.4 is 14.8 Å². The number of ether oxygens (including phenoxy) is 2. The van der Waals surface area contributed by atoms with Gasteiger partial charge in [-0.25, -0.2) is 4.68 Å². The van der Waals surface area contributed by atoms with Crippen molar-refractivity contribution in [2.75, 3.05) is 18.5 Å². The van der Waals surface area contributed by atoms with Crippen molar-refractivity contribution < 1.29 is 19.4 Å². The van der Waals surface area contributed by atoms with E-state index >= 15 is 0 Å². The van der Waals surface area contributed by atoms with E-state index in [0.717, 1.165) is 19.3 Å². The van der Waals surface area contributed by atoms with Crippen LogP contribution in [0.3, 0.4) is 0 Å². The molecule has 2 heterocycles. The van der Waals surface area contributed by atoms with Crippen molar-refractivity contribution in [3.63, 3.8) is 0 Å². The van der Waals surface area contributed by atoms with E-state index in [2.05, 4.69) is 15.6 Å². The third kappa shape index (κ3) is 2.80. The van der Waals surface area contributed by atoms with Crippen LogP contribution in [0.2, 0.25) is 0 Å². The number of carbonyl (C=O) groups is 1. The van der Waals surface area contributed by atoms with Crippen molar-refractivity contribution in [3.8, 4) is 11.5 Å².